The lowest BCUT2D eigenvalue weighted by molar-refractivity contribution is -0.304. The predicted octanol–water partition coefficient (Wildman–Crippen LogP) is 2.55. The molecule has 0 amide bonds. The van der Waals surface area contributed by atoms with Crippen LogP contribution in [0.15, 0.2) is 35.9 Å². The Morgan fingerprint density at radius 2 is 1.80 bits per heavy atom. The normalized spacial score (nSPS) is 26.8. The Kier molecular flexibility index (Phi) is 2.90. The molecule has 0 saturated carbocycles. The first-order valence-electron chi connectivity index (χ1n) is 4.02. The van der Waals surface area contributed by atoms with Gasteiger partial charge in [-0.3, -0.25) is 0 Å². The van der Waals surface area contributed by atoms with E-state index in [9.17, 15) is 17.6 Å². The van der Waals surface area contributed by atoms with Crippen LogP contribution in [-0.2, 0) is 4.74 Å². The third kappa shape index (κ3) is 3.75. The molecule has 0 spiro atoms. The summed E-state index contributed by atoms with van der Waals surface area (Å²) in [5.74, 6) is -2.01. The second-order valence-electron chi connectivity index (χ2n) is 3.29. The van der Waals surface area contributed by atoms with Gasteiger partial charge in [-0.2, -0.15) is 0 Å². The summed E-state index contributed by atoms with van der Waals surface area (Å²) < 4.78 is 52.0. The molecule has 2 nitrogen and oxygen atoms in total. The van der Waals surface area contributed by atoms with Gasteiger partial charge in [0.15, 0.2) is 11.6 Å². The number of allylic oxidation sites excluding steroid dienone is 3. The first kappa shape index (κ1) is 11.8. The quantitative estimate of drug-likeness (QED) is 0.693. The average molecular weight is 223 g/mol. The largest absolute Gasteiger partial charge is 0.573 e. The number of hydrogen-bond donors (Lipinski definition) is 1. The van der Waals surface area contributed by atoms with Gasteiger partial charge in [0.25, 0.3) is 0 Å². The van der Waals surface area contributed by atoms with Crippen LogP contribution < -0.4 is 5.73 Å². The standard InChI is InChI=1S/C9H9F4NO/c1-8(14)4-2-6(10)7(3-5-8)15-9(11,12)13/h2-5H,14H2,1H3. The number of hydrogen-bond acceptors (Lipinski definition) is 2. The van der Waals surface area contributed by atoms with Crippen molar-refractivity contribution in [2.45, 2.75) is 18.8 Å². The van der Waals surface area contributed by atoms with Crippen LogP contribution in [0, 0.1) is 0 Å². The van der Waals surface area contributed by atoms with E-state index < -0.39 is 23.5 Å². The summed E-state index contributed by atoms with van der Waals surface area (Å²) in [5.41, 5.74) is 4.57. The minimum Gasteiger partial charge on any atom is -0.403 e. The molecule has 0 heterocycles. The van der Waals surface area contributed by atoms with E-state index in [-0.39, 0.29) is 0 Å². The van der Waals surface area contributed by atoms with Crippen molar-refractivity contribution in [3.8, 4) is 0 Å². The molecule has 0 aromatic heterocycles. The van der Waals surface area contributed by atoms with Crippen LogP contribution in [0.25, 0.3) is 0 Å². The first-order valence-corrected chi connectivity index (χ1v) is 4.02. The van der Waals surface area contributed by atoms with Crippen molar-refractivity contribution in [1.82, 2.24) is 0 Å². The maximum Gasteiger partial charge on any atom is 0.573 e. The molecule has 84 valence electrons. The third-order valence-corrected chi connectivity index (χ3v) is 1.64. The van der Waals surface area contributed by atoms with Crippen molar-refractivity contribution in [3.63, 3.8) is 0 Å². The molecule has 0 fully saturated rings. The van der Waals surface area contributed by atoms with Crippen molar-refractivity contribution >= 4 is 0 Å². The van der Waals surface area contributed by atoms with Gasteiger partial charge in [0, 0.05) is 0 Å². The highest BCUT2D eigenvalue weighted by Gasteiger charge is 2.33. The van der Waals surface area contributed by atoms with E-state index >= 15 is 0 Å². The molecule has 0 aliphatic heterocycles. The third-order valence-electron chi connectivity index (χ3n) is 1.64. The molecule has 0 aromatic carbocycles. The van der Waals surface area contributed by atoms with Crippen molar-refractivity contribution < 1.29 is 22.3 Å². The van der Waals surface area contributed by atoms with Gasteiger partial charge in [0.05, 0.1) is 5.54 Å². The fourth-order valence-electron chi connectivity index (χ4n) is 0.933. The number of nitrogens with two attached hydrogens (primary N) is 1. The number of halogens is 4. The Balaban J connectivity index is 2.95. The van der Waals surface area contributed by atoms with E-state index in [0.29, 0.717) is 0 Å². The highest BCUT2D eigenvalue weighted by atomic mass is 19.4. The van der Waals surface area contributed by atoms with Gasteiger partial charge in [0.2, 0.25) is 0 Å². The van der Waals surface area contributed by atoms with Crippen LogP contribution >= 0.6 is 0 Å². The van der Waals surface area contributed by atoms with Crippen LogP contribution in [0.1, 0.15) is 6.92 Å². The smallest absolute Gasteiger partial charge is 0.403 e. The van der Waals surface area contributed by atoms with Gasteiger partial charge in [-0.25, -0.2) is 4.39 Å². The monoisotopic (exact) mass is 223 g/mol. The predicted molar refractivity (Wildman–Crippen MR) is 46.1 cm³/mol. The molecule has 1 rings (SSSR count). The van der Waals surface area contributed by atoms with Gasteiger partial charge in [-0.05, 0) is 19.1 Å². The van der Waals surface area contributed by atoms with Gasteiger partial charge < -0.3 is 10.5 Å². The summed E-state index contributed by atoms with van der Waals surface area (Å²) in [5, 5.41) is 0. The molecule has 1 aliphatic carbocycles. The van der Waals surface area contributed by atoms with Gasteiger partial charge in [-0.15, -0.1) is 13.2 Å². The Morgan fingerprint density at radius 1 is 1.27 bits per heavy atom. The maximum atomic E-state index is 13.0. The van der Waals surface area contributed by atoms with Gasteiger partial charge in [-0.1, -0.05) is 12.2 Å². The Hall–Kier alpha value is -1.30. The van der Waals surface area contributed by atoms with Gasteiger partial charge >= 0.3 is 6.36 Å². The first-order chi connectivity index (χ1) is 6.70. The summed E-state index contributed by atoms with van der Waals surface area (Å²) >= 11 is 0. The number of ether oxygens (including phenoxy) is 1. The zero-order valence-corrected chi connectivity index (χ0v) is 7.81. The van der Waals surface area contributed by atoms with E-state index in [0.717, 1.165) is 12.2 Å². The van der Waals surface area contributed by atoms with E-state index in [4.69, 9.17) is 5.73 Å². The molecule has 0 radical (unpaired) electrons. The van der Waals surface area contributed by atoms with E-state index in [1.807, 2.05) is 0 Å². The summed E-state index contributed by atoms with van der Waals surface area (Å²) in [6, 6.07) is 0. The highest BCUT2D eigenvalue weighted by molar-refractivity contribution is 5.34. The Labute approximate surface area is 83.7 Å². The molecule has 1 unspecified atom stereocenters. The summed E-state index contributed by atoms with van der Waals surface area (Å²) in [4.78, 5) is 0. The van der Waals surface area contributed by atoms with Crippen molar-refractivity contribution in [2.75, 3.05) is 0 Å². The lowest BCUT2D eigenvalue weighted by atomic mass is 10.0. The van der Waals surface area contributed by atoms with Crippen LogP contribution in [0.3, 0.4) is 0 Å². The van der Waals surface area contributed by atoms with Gasteiger partial charge in [0.1, 0.15) is 0 Å². The highest BCUT2D eigenvalue weighted by Crippen LogP contribution is 2.26. The molecule has 15 heavy (non-hydrogen) atoms. The number of rotatable bonds is 1. The summed E-state index contributed by atoms with van der Waals surface area (Å²) in [6.45, 7) is 1.52. The van der Waals surface area contributed by atoms with E-state index in [1.54, 1.807) is 0 Å². The summed E-state index contributed by atoms with van der Waals surface area (Å²) in [6.07, 6.45) is -0.743. The zero-order valence-electron chi connectivity index (χ0n) is 7.81. The second-order valence-corrected chi connectivity index (χ2v) is 3.29. The molecule has 0 aromatic rings. The molecule has 1 atom stereocenters. The fraction of sp³-hybridized carbons (Fsp3) is 0.333. The maximum absolute atomic E-state index is 13.0. The minimum absolute atomic E-state index is 0.848. The molecule has 1 aliphatic rings. The van der Waals surface area contributed by atoms with Crippen molar-refractivity contribution in [1.29, 1.82) is 0 Å². The average Bonchev–Trinajstić information content (AvgIpc) is 2.16. The molecular weight excluding hydrogens is 214 g/mol. The second kappa shape index (κ2) is 3.69. The lowest BCUT2D eigenvalue weighted by Gasteiger charge is -2.13. The lowest BCUT2D eigenvalue weighted by Crippen LogP contribution is -2.30. The molecular formula is C9H9F4NO. The van der Waals surface area contributed by atoms with Crippen LogP contribution in [0.2, 0.25) is 0 Å². The van der Waals surface area contributed by atoms with Crippen molar-refractivity contribution in [2.24, 2.45) is 5.73 Å². The Bertz CT molecular complexity index is 339. The minimum atomic E-state index is -4.92. The molecule has 6 heteroatoms. The molecule has 2 N–H and O–H groups in total. The topological polar surface area (TPSA) is 35.2 Å². The molecule has 0 bridgehead atoms. The SMILES string of the molecule is CC1(N)C=CC(F)=C(OC(F)(F)F)C=C1. The fourth-order valence-corrected chi connectivity index (χ4v) is 0.933. The number of alkyl halides is 3. The zero-order chi connectivity index (χ0) is 11.7. The van der Waals surface area contributed by atoms with Crippen LogP contribution in [-0.4, -0.2) is 11.9 Å². The molecule has 0 saturated heterocycles. The van der Waals surface area contributed by atoms with E-state index in [1.165, 1.54) is 19.1 Å². The summed E-state index contributed by atoms with van der Waals surface area (Å²) in [7, 11) is 0. The van der Waals surface area contributed by atoms with E-state index in [2.05, 4.69) is 4.74 Å². The van der Waals surface area contributed by atoms with Crippen LogP contribution in [0.4, 0.5) is 17.6 Å². The van der Waals surface area contributed by atoms with Crippen LogP contribution in [0.5, 0.6) is 0 Å². The van der Waals surface area contributed by atoms with Crippen molar-refractivity contribution in [3.05, 3.63) is 35.9 Å². The Morgan fingerprint density at radius 3 is 2.33 bits per heavy atom.